The molecule has 0 fully saturated rings. The number of amides is 1. The lowest BCUT2D eigenvalue weighted by Crippen LogP contribution is -2.25. The van der Waals surface area contributed by atoms with Crippen molar-refractivity contribution in [3.63, 3.8) is 0 Å². The highest BCUT2D eigenvalue weighted by Gasteiger charge is 2.19. The molecule has 0 radical (unpaired) electrons. The number of hydrogen-bond donors (Lipinski definition) is 1. The van der Waals surface area contributed by atoms with E-state index in [1.807, 2.05) is 25.2 Å². The summed E-state index contributed by atoms with van der Waals surface area (Å²) in [6.45, 7) is 0.453. The van der Waals surface area contributed by atoms with Crippen molar-refractivity contribution in [2.45, 2.75) is 6.42 Å². The molecular weight excluding hydrogens is 192 g/mol. The van der Waals surface area contributed by atoms with E-state index in [1.165, 1.54) is 0 Å². The Morgan fingerprint density at radius 3 is 3.00 bits per heavy atom. The topological polar surface area (TPSA) is 41.6 Å². The first kappa shape index (κ1) is 9.83. The van der Waals surface area contributed by atoms with Crippen LogP contribution in [0.1, 0.15) is 6.42 Å². The molecule has 0 unspecified atom stereocenters. The van der Waals surface area contributed by atoms with Gasteiger partial charge < -0.3 is 15.0 Å². The molecule has 0 saturated carbocycles. The van der Waals surface area contributed by atoms with Crippen molar-refractivity contribution >= 4 is 17.3 Å². The molecule has 4 nitrogen and oxygen atoms in total. The van der Waals surface area contributed by atoms with Gasteiger partial charge in [-0.1, -0.05) is 0 Å². The molecule has 0 atom stereocenters. The average molecular weight is 206 g/mol. The van der Waals surface area contributed by atoms with Crippen molar-refractivity contribution in [3.8, 4) is 5.75 Å². The summed E-state index contributed by atoms with van der Waals surface area (Å²) in [7, 11) is 3.62. The van der Waals surface area contributed by atoms with Crippen molar-refractivity contribution in [1.29, 1.82) is 0 Å². The van der Waals surface area contributed by atoms with E-state index in [9.17, 15) is 4.79 Å². The van der Waals surface area contributed by atoms with Gasteiger partial charge >= 0.3 is 0 Å². The zero-order valence-electron chi connectivity index (χ0n) is 8.91. The van der Waals surface area contributed by atoms with Gasteiger partial charge in [0.1, 0.15) is 5.75 Å². The first-order valence-electron chi connectivity index (χ1n) is 4.93. The van der Waals surface area contributed by atoms with Crippen molar-refractivity contribution in [2.75, 3.05) is 30.9 Å². The van der Waals surface area contributed by atoms with Crippen molar-refractivity contribution in [3.05, 3.63) is 18.2 Å². The minimum absolute atomic E-state index is 0.0852. The molecule has 80 valence electrons. The van der Waals surface area contributed by atoms with Gasteiger partial charge in [-0.15, -0.1) is 0 Å². The van der Waals surface area contributed by atoms with Crippen LogP contribution in [0.4, 0.5) is 11.4 Å². The Kier molecular flexibility index (Phi) is 2.49. The normalized spacial score (nSPS) is 15.3. The van der Waals surface area contributed by atoms with Crippen LogP contribution in [0.15, 0.2) is 18.2 Å². The SMILES string of the molecule is CNc1ccc2c(c1)N(C)C(=O)CCO2. The number of carbonyl (C=O) groups excluding carboxylic acids is 1. The van der Waals surface area contributed by atoms with Gasteiger partial charge in [-0.25, -0.2) is 0 Å². The van der Waals surface area contributed by atoms with Gasteiger partial charge in [-0.3, -0.25) is 4.79 Å². The van der Waals surface area contributed by atoms with Gasteiger partial charge in [0.05, 0.1) is 18.7 Å². The third-order valence-electron chi connectivity index (χ3n) is 2.56. The fourth-order valence-electron chi connectivity index (χ4n) is 1.61. The van der Waals surface area contributed by atoms with E-state index in [-0.39, 0.29) is 5.91 Å². The second-order valence-corrected chi connectivity index (χ2v) is 3.48. The van der Waals surface area contributed by atoms with Crippen LogP contribution in [0, 0.1) is 0 Å². The molecule has 0 aliphatic carbocycles. The van der Waals surface area contributed by atoms with E-state index in [4.69, 9.17) is 4.74 Å². The Morgan fingerprint density at radius 2 is 2.27 bits per heavy atom. The van der Waals surface area contributed by atoms with Crippen LogP contribution in [0.2, 0.25) is 0 Å². The molecule has 2 rings (SSSR count). The molecule has 0 spiro atoms. The number of ether oxygens (including phenoxy) is 1. The quantitative estimate of drug-likeness (QED) is 0.756. The highest BCUT2D eigenvalue weighted by molar-refractivity contribution is 5.95. The molecule has 1 aliphatic rings. The van der Waals surface area contributed by atoms with Gasteiger partial charge in [0.2, 0.25) is 5.91 Å². The molecule has 15 heavy (non-hydrogen) atoms. The Hall–Kier alpha value is -1.71. The van der Waals surface area contributed by atoms with E-state index >= 15 is 0 Å². The van der Waals surface area contributed by atoms with Crippen LogP contribution in [-0.2, 0) is 4.79 Å². The summed E-state index contributed by atoms with van der Waals surface area (Å²) in [4.78, 5) is 13.2. The minimum Gasteiger partial charge on any atom is -0.491 e. The van der Waals surface area contributed by atoms with E-state index < -0.39 is 0 Å². The van der Waals surface area contributed by atoms with E-state index in [1.54, 1.807) is 11.9 Å². The van der Waals surface area contributed by atoms with Crippen molar-refractivity contribution in [1.82, 2.24) is 0 Å². The molecule has 0 saturated heterocycles. The smallest absolute Gasteiger partial charge is 0.230 e. The second-order valence-electron chi connectivity index (χ2n) is 3.48. The van der Waals surface area contributed by atoms with Crippen molar-refractivity contribution in [2.24, 2.45) is 0 Å². The number of nitrogens with one attached hydrogen (secondary N) is 1. The lowest BCUT2D eigenvalue weighted by atomic mass is 10.2. The zero-order valence-corrected chi connectivity index (χ0v) is 8.91. The molecule has 1 N–H and O–H groups in total. The highest BCUT2D eigenvalue weighted by atomic mass is 16.5. The molecular formula is C11H14N2O2. The number of rotatable bonds is 1. The molecule has 1 heterocycles. The van der Waals surface area contributed by atoms with E-state index in [0.29, 0.717) is 13.0 Å². The third kappa shape index (κ3) is 1.75. The van der Waals surface area contributed by atoms with Crippen LogP contribution < -0.4 is 15.0 Å². The molecule has 0 aromatic heterocycles. The standard InChI is InChI=1S/C11H14N2O2/c1-12-8-3-4-10-9(7-8)13(2)11(14)5-6-15-10/h3-4,7,12H,5-6H2,1-2H3. The highest BCUT2D eigenvalue weighted by Crippen LogP contribution is 2.32. The number of nitrogens with zero attached hydrogens (tertiary/aromatic N) is 1. The monoisotopic (exact) mass is 206 g/mol. The maximum Gasteiger partial charge on any atom is 0.230 e. The van der Waals surface area contributed by atoms with Crippen LogP contribution in [0.3, 0.4) is 0 Å². The number of fused-ring (bicyclic) bond motifs is 1. The third-order valence-corrected chi connectivity index (χ3v) is 2.56. The number of benzene rings is 1. The molecule has 1 amide bonds. The Bertz CT molecular complexity index is 390. The predicted octanol–water partition coefficient (Wildman–Crippen LogP) is 1.47. The summed E-state index contributed by atoms with van der Waals surface area (Å²) < 4.78 is 5.50. The molecule has 1 aromatic rings. The second kappa shape index (κ2) is 3.81. The van der Waals surface area contributed by atoms with Gasteiger partial charge in [0.25, 0.3) is 0 Å². The summed E-state index contributed by atoms with van der Waals surface area (Å²) >= 11 is 0. The number of hydrogen-bond acceptors (Lipinski definition) is 3. The maximum absolute atomic E-state index is 11.6. The number of anilines is 2. The summed E-state index contributed by atoms with van der Waals surface area (Å²) in [5.41, 5.74) is 1.79. The van der Waals surface area contributed by atoms with Crippen LogP contribution in [-0.4, -0.2) is 26.6 Å². The Morgan fingerprint density at radius 1 is 1.47 bits per heavy atom. The molecule has 4 heteroatoms. The predicted molar refractivity (Wildman–Crippen MR) is 59.5 cm³/mol. The van der Waals surface area contributed by atoms with Crippen molar-refractivity contribution < 1.29 is 9.53 Å². The first-order valence-corrected chi connectivity index (χ1v) is 4.93. The minimum atomic E-state index is 0.0852. The lowest BCUT2D eigenvalue weighted by Gasteiger charge is -2.17. The summed E-state index contributed by atoms with van der Waals surface area (Å²) in [6, 6.07) is 5.73. The van der Waals surface area contributed by atoms with Crippen LogP contribution >= 0.6 is 0 Å². The van der Waals surface area contributed by atoms with Gasteiger partial charge in [0, 0.05) is 19.8 Å². The number of carbonyl (C=O) groups is 1. The largest absolute Gasteiger partial charge is 0.491 e. The Labute approximate surface area is 88.8 Å². The first-order chi connectivity index (χ1) is 7.22. The summed E-state index contributed by atoms with van der Waals surface area (Å²) in [5.74, 6) is 0.851. The molecule has 0 bridgehead atoms. The fourth-order valence-corrected chi connectivity index (χ4v) is 1.61. The molecule has 1 aliphatic heterocycles. The maximum atomic E-state index is 11.6. The Balaban J connectivity index is 2.45. The van der Waals surface area contributed by atoms with Crippen LogP contribution in [0.5, 0.6) is 5.75 Å². The fraction of sp³-hybridized carbons (Fsp3) is 0.364. The van der Waals surface area contributed by atoms with Gasteiger partial charge in [-0.05, 0) is 18.2 Å². The van der Waals surface area contributed by atoms with E-state index in [0.717, 1.165) is 17.1 Å². The van der Waals surface area contributed by atoms with Gasteiger partial charge in [0.15, 0.2) is 0 Å². The summed E-state index contributed by atoms with van der Waals surface area (Å²) in [6.07, 6.45) is 0.431. The molecule has 1 aromatic carbocycles. The van der Waals surface area contributed by atoms with Gasteiger partial charge in [-0.2, -0.15) is 0 Å². The summed E-state index contributed by atoms with van der Waals surface area (Å²) in [5, 5.41) is 3.04. The van der Waals surface area contributed by atoms with Crippen LogP contribution in [0.25, 0.3) is 0 Å². The van der Waals surface area contributed by atoms with E-state index in [2.05, 4.69) is 5.32 Å². The zero-order chi connectivity index (χ0) is 10.8. The lowest BCUT2D eigenvalue weighted by molar-refractivity contribution is -0.118. The average Bonchev–Trinajstić information content (AvgIpc) is 2.40.